The van der Waals surface area contributed by atoms with Crippen molar-refractivity contribution in [1.82, 2.24) is 0 Å². The van der Waals surface area contributed by atoms with Gasteiger partial charge in [-0.15, -0.1) is 0 Å². The van der Waals surface area contributed by atoms with Crippen molar-refractivity contribution in [3.8, 4) is 0 Å². The van der Waals surface area contributed by atoms with Crippen molar-refractivity contribution in [3.05, 3.63) is 107 Å². The molecule has 0 radical (unpaired) electrons. The summed E-state index contributed by atoms with van der Waals surface area (Å²) in [5.74, 6) is -2.46. The summed E-state index contributed by atoms with van der Waals surface area (Å²) in [6, 6.07) is 26.7. The monoisotopic (exact) mass is 348 g/mol. The molecule has 0 aliphatic rings. The van der Waals surface area contributed by atoms with E-state index in [4.69, 9.17) is 10.2 Å². The molecule has 0 aliphatic heterocycles. The van der Waals surface area contributed by atoms with E-state index < -0.39 is 11.9 Å². The third kappa shape index (κ3) is 5.91. The lowest BCUT2D eigenvalue weighted by atomic mass is 10.0. The molecule has 3 rings (SSSR count). The van der Waals surface area contributed by atoms with Crippen molar-refractivity contribution in [2.75, 3.05) is 0 Å². The topological polar surface area (TPSA) is 74.6 Å². The Morgan fingerprint density at radius 3 is 1.15 bits per heavy atom. The predicted octanol–water partition coefficient (Wildman–Crippen LogP) is 4.55. The Kier molecular flexibility index (Phi) is 7.13. The van der Waals surface area contributed by atoms with Gasteiger partial charge < -0.3 is 10.2 Å². The van der Waals surface area contributed by atoms with Crippen LogP contribution < -0.4 is 0 Å². The van der Waals surface area contributed by atoms with Gasteiger partial charge >= 0.3 is 11.9 Å². The Morgan fingerprint density at radius 1 is 0.538 bits per heavy atom. The van der Waals surface area contributed by atoms with Crippen LogP contribution in [0, 0.1) is 0 Å². The number of hydrogen-bond acceptors (Lipinski definition) is 2. The molecule has 2 N–H and O–H groups in total. The second-order valence-corrected chi connectivity index (χ2v) is 5.63. The Balaban J connectivity index is 0.000000190. The molecule has 4 nitrogen and oxygen atoms in total. The fraction of sp³-hybridized carbons (Fsp3) is 0.0909. The van der Waals surface area contributed by atoms with E-state index in [2.05, 4.69) is 60.7 Å². The largest absolute Gasteiger partial charge is 0.478 e. The molecule has 3 aromatic rings. The van der Waals surface area contributed by atoms with Gasteiger partial charge in [-0.05, 0) is 36.1 Å². The third-order valence-corrected chi connectivity index (χ3v) is 3.78. The molecule has 0 fully saturated rings. The SMILES string of the molecule is O=C(O)c1ccccc1C(=O)O.c1ccc(CCc2ccccc2)cc1. The number of hydrogen-bond donors (Lipinski definition) is 2. The average Bonchev–Trinajstić information content (AvgIpc) is 2.68. The zero-order valence-electron chi connectivity index (χ0n) is 14.2. The van der Waals surface area contributed by atoms with Gasteiger partial charge in [0.15, 0.2) is 0 Å². The molecular formula is C22H20O4. The summed E-state index contributed by atoms with van der Waals surface area (Å²) in [6.07, 6.45) is 2.26. The fourth-order valence-corrected chi connectivity index (χ4v) is 2.43. The maximum absolute atomic E-state index is 10.5. The van der Waals surface area contributed by atoms with Crippen LogP contribution in [0.4, 0.5) is 0 Å². The molecular weight excluding hydrogens is 328 g/mol. The molecule has 0 aromatic heterocycles. The van der Waals surface area contributed by atoms with Gasteiger partial charge in [-0.1, -0.05) is 72.8 Å². The number of carbonyl (C=O) groups is 2. The summed E-state index contributed by atoms with van der Waals surface area (Å²) in [6.45, 7) is 0. The summed E-state index contributed by atoms with van der Waals surface area (Å²) in [5, 5.41) is 17.1. The van der Waals surface area contributed by atoms with Gasteiger partial charge in [0.2, 0.25) is 0 Å². The van der Waals surface area contributed by atoms with Crippen LogP contribution >= 0.6 is 0 Å². The zero-order valence-corrected chi connectivity index (χ0v) is 14.2. The molecule has 0 heterocycles. The van der Waals surface area contributed by atoms with E-state index in [9.17, 15) is 9.59 Å². The van der Waals surface area contributed by atoms with Crippen LogP contribution in [-0.4, -0.2) is 22.2 Å². The lowest BCUT2D eigenvalue weighted by molar-refractivity contribution is 0.0651. The van der Waals surface area contributed by atoms with Crippen LogP contribution in [0.1, 0.15) is 31.8 Å². The van der Waals surface area contributed by atoms with Gasteiger partial charge in [-0.2, -0.15) is 0 Å². The number of rotatable bonds is 5. The van der Waals surface area contributed by atoms with Crippen molar-refractivity contribution in [1.29, 1.82) is 0 Å². The summed E-state index contributed by atoms with van der Waals surface area (Å²) >= 11 is 0. The van der Waals surface area contributed by atoms with Crippen molar-refractivity contribution < 1.29 is 19.8 Å². The Morgan fingerprint density at radius 2 is 0.846 bits per heavy atom. The summed E-state index contributed by atoms with van der Waals surface area (Å²) in [4.78, 5) is 20.9. The van der Waals surface area contributed by atoms with Crippen LogP contribution in [-0.2, 0) is 12.8 Å². The van der Waals surface area contributed by atoms with Crippen LogP contribution in [0.2, 0.25) is 0 Å². The predicted molar refractivity (Wildman–Crippen MR) is 101 cm³/mol. The summed E-state index contributed by atoms with van der Waals surface area (Å²) < 4.78 is 0. The van der Waals surface area contributed by atoms with Crippen molar-refractivity contribution in [2.24, 2.45) is 0 Å². The molecule has 3 aromatic carbocycles. The number of benzene rings is 3. The minimum Gasteiger partial charge on any atom is -0.478 e. The van der Waals surface area contributed by atoms with Gasteiger partial charge in [0.1, 0.15) is 0 Å². The van der Waals surface area contributed by atoms with Gasteiger partial charge in [0.25, 0.3) is 0 Å². The molecule has 0 bridgehead atoms. The number of aryl methyl sites for hydroxylation is 2. The van der Waals surface area contributed by atoms with Gasteiger partial charge in [0, 0.05) is 0 Å². The first kappa shape index (κ1) is 18.9. The van der Waals surface area contributed by atoms with Gasteiger partial charge in [0.05, 0.1) is 11.1 Å². The van der Waals surface area contributed by atoms with Crippen LogP contribution in [0.25, 0.3) is 0 Å². The molecule has 0 amide bonds. The molecule has 132 valence electrons. The molecule has 0 atom stereocenters. The smallest absolute Gasteiger partial charge is 0.336 e. The highest BCUT2D eigenvalue weighted by Crippen LogP contribution is 2.08. The van der Waals surface area contributed by atoms with Crippen molar-refractivity contribution in [3.63, 3.8) is 0 Å². The summed E-state index contributed by atoms with van der Waals surface area (Å²) in [5.41, 5.74) is 2.45. The van der Waals surface area contributed by atoms with Crippen LogP contribution in [0.5, 0.6) is 0 Å². The minimum absolute atomic E-state index is 0.190. The van der Waals surface area contributed by atoms with Crippen molar-refractivity contribution >= 4 is 11.9 Å². The highest BCUT2D eigenvalue weighted by Gasteiger charge is 2.13. The lowest BCUT2D eigenvalue weighted by Gasteiger charge is -2.01. The molecule has 4 heteroatoms. The zero-order chi connectivity index (χ0) is 18.8. The average molecular weight is 348 g/mol. The van der Waals surface area contributed by atoms with E-state index in [1.54, 1.807) is 0 Å². The van der Waals surface area contributed by atoms with E-state index in [0.717, 1.165) is 12.8 Å². The molecule has 0 spiro atoms. The quantitative estimate of drug-likeness (QED) is 0.709. The minimum atomic E-state index is -1.23. The molecule has 0 unspecified atom stereocenters. The third-order valence-electron chi connectivity index (χ3n) is 3.78. The number of carboxylic acids is 2. The summed E-state index contributed by atoms with van der Waals surface area (Å²) in [7, 11) is 0. The van der Waals surface area contributed by atoms with Gasteiger partial charge in [-0.3, -0.25) is 0 Å². The van der Waals surface area contributed by atoms with Crippen LogP contribution in [0.3, 0.4) is 0 Å². The van der Waals surface area contributed by atoms with Gasteiger partial charge in [-0.25, -0.2) is 9.59 Å². The first-order valence-electron chi connectivity index (χ1n) is 8.21. The second kappa shape index (κ2) is 9.79. The molecule has 0 saturated carbocycles. The highest BCUT2D eigenvalue weighted by molar-refractivity contribution is 6.01. The van der Waals surface area contributed by atoms with E-state index in [1.807, 2.05) is 0 Å². The Hall–Kier alpha value is -3.40. The highest BCUT2D eigenvalue weighted by atomic mass is 16.4. The van der Waals surface area contributed by atoms with E-state index in [0.29, 0.717) is 0 Å². The van der Waals surface area contributed by atoms with E-state index in [-0.39, 0.29) is 11.1 Å². The normalized spacial score (nSPS) is 9.69. The molecule has 0 aliphatic carbocycles. The first-order valence-corrected chi connectivity index (χ1v) is 8.21. The number of carboxylic acid groups (broad SMARTS) is 2. The van der Waals surface area contributed by atoms with Crippen molar-refractivity contribution in [2.45, 2.75) is 12.8 Å². The first-order chi connectivity index (χ1) is 12.6. The standard InChI is InChI=1S/C14H14.C8H6O4/c1-3-7-13(8-4-1)11-12-14-9-5-2-6-10-14;9-7(10)5-3-1-2-4-6(5)8(11)12/h1-10H,11-12H2;1-4H,(H,9,10)(H,11,12). The molecule has 26 heavy (non-hydrogen) atoms. The molecule has 0 saturated heterocycles. The fourth-order valence-electron chi connectivity index (χ4n) is 2.43. The Labute approximate surface area is 152 Å². The van der Waals surface area contributed by atoms with E-state index in [1.165, 1.54) is 35.4 Å². The Bertz CT molecular complexity index is 770. The maximum atomic E-state index is 10.5. The maximum Gasteiger partial charge on any atom is 0.336 e. The second-order valence-electron chi connectivity index (χ2n) is 5.63. The number of aromatic carboxylic acids is 2. The lowest BCUT2D eigenvalue weighted by Crippen LogP contribution is -2.06. The van der Waals surface area contributed by atoms with E-state index >= 15 is 0 Å². The van der Waals surface area contributed by atoms with Crippen LogP contribution in [0.15, 0.2) is 84.9 Å².